The first kappa shape index (κ1) is 103. The summed E-state index contributed by atoms with van der Waals surface area (Å²) in [5.74, 6) is 8.17. The second-order valence-electron chi connectivity index (χ2n) is 41.1. The predicted molar refractivity (Wildman–Crippen MR) is 547 cm³/mol. The average molecular weight is 1810 g/mol. The lowest BCUT2D eigenvalue weighted by Crippen LogP contribution is -2.52. The lowest BCUT2D eigenvalue weighted by atomic mass is 10.2. The molecule has 0 amide bonds. The van der Waals surface area contributed by atoms with E-state index in [9.17, 15) is 0 Å². The molecule has 0 atom stereocenters. The average Bonchev–Trinajstić information content (AvgIpc) is 0.793. The van der Waals surface area contributed by atoms with Crippen LogP contribution in [0.4, 0.5) is 71.4 Å². The molecule has 36 heteroatoms. The Hall–Kier alpha value is -6.10. The van der Waals surface area contributed by atoms with E-state index in [-0.39, 0.29) is 15.1 Å². The molecule has 0 aliphatic heterocycles. The topological polar surface area (TPSA) is 299 Å². The fourth-order valence-corrected chi connectivity index (χ4v) is 30.8. The largest absolute Gasteiger partial charge is 0.380 e. The smallest absolute Gasteiger partial charge is 0.221 e. The van der Waals surface area contributed by atoms with Crippen molar-refractivity contribution < 1.29 is 0 Å². The van der Waals surface area contributed by atoms with Crippen LogP contribution in [-0.2, 0) is 0 Å². The van der Waals surface area contributed by atoms with Crippen molar-refractivity contribution in [2.75, 3.05) is 59.8 Å². The van der Waals surface area contributed by atoms with Crippen molar-refractivity contribution in [3.05, 3.63) is 91.0 Å². The van der Waals surface area contributed by atoms with Gasteiger partial charge in [0, 0.05) is 0 Å². The lowest BCUT2D eigenvalue weighted by molar-refractivity contribution is 0.720. The standard InChI is InChI=1S/C27H36N6Si3.2C21H48N6Si3.C12H30N6Si3/c1-34(2,22-16-10-7-11-17-22)31-25-28-26(32-35(3,4)23-18-12-8-13-19-23)30-27(29-25)33-36(5,6)24-20-14-9-15-21-24;1-19(2,3)28(10,11)25-16-22-17(26-29(12,13)20(4,5)6)24-18(23-16)27-30(14,15)21(7,8)9;1-10-28(11-2,12-3)25-19-22-20(26-29(13-4,14-5)15-6)24-21(23-19)27-30(16-7,17-8)18-9;1-19(2,3)16-10-13-11(17-20(4,5)6)15-12(14-10)18-21(7,8)9/h7-21H,1-6H3,(H3,28,29,30,31,32,33);1-15H3,(H3,22,23,24,25,26,27);10-18H2,1-9H3,(H3,22,23,24,25,26,27);1-9H3,(H3,13,14,15,16,17,18). The van der Waals surface area contributed by atoms with E-state index in [4.69, 9.17) is 44.9 Å². The Morgan fingerprint density at radius 2 is 0.333 bits per heavy atom. The van der Waals surface area contributed by atoms with Gasteiger partial charge in [-0.1, -0.05) is 314 Å². The molecule has 3 aromatic carbocycles. The van der Waals surface area contributed by atoms with Gasteiger partial charge in [0.15, 0.2) is 74.1 Å². The summed E-state index contributed by atoms with van der Waals surface area (Å²) in [7, 11) is -20.9. The molecule has 117 heavy (non-hydrogen) atoms. The van der Waals surface area contributed by atoms with Gasteiger partial charge in [0.1, 0.15) is 24.7 Å². The zero-order chi connectivity index (χ0) is 89.1. The van der Waals surface area contributed by atoms with Crippen LogP contribution in [0.5, 0.6) is 0 Å². The van der Waals surface area contributed by atoms with Crippen molar-refractivity contribution >= 4 is 186 Å². The molecule has 7 rings (SSSR count). The molecule has 4 aromatic heterocycles. The van der Waals surface area contributed by atoms with Gasteiger partial charge in [-0.2, -0.15) is 59.8 Å². The van der Waals surface area contributed by atoms with Crippen LogP contribution < -0.4 is 75.3 Å². The number of aromatic nitrogens is 12. The SMILES string of the molecule is CC(C)(C)[Si](C)(C)Nc1nc(N[Si](C)(C)C(C)(C)C)nc(N[Si](C)(C)C(C)(C)C)n1.CC[Si](CC)(CC)Nc1nc(N[Si](CC)(CC)CC)nc(N[Si](CC)(CC)CC)n1.C[Si](C)(C)Nc1nc(N[Si](C)(C)C)nc(N[Si](C)(C)C)n1.C[Si](C)(Nc1nc(N[Si](C)(C)c2ccccc2)nc(N[Si](C)(C)c2ccccc2)n1)c1ccccc1. The van der Waals surface area contributed by atoms with E-state index < -0.39 is 98.8 Å². The van der Waals surface area contributed by atoms with Crippen LogP contribution in [0.25, 0.3) is 0 Å². The predicted octanol–water partition coefficient (Wildman–Crippen LogP) is 22.3. The maximum Gasteiger partial charge on any atom is 0.221 e. The second kappa shape index (κ2) is 41.7. The number of nitrogens with one attached hydrogen (secondary N) is 12. The van der Waals surface area contributed by atoms with Gasteiger partial charge in [-0.05, 0) is 124 Å². The molecule has 0 radical (unpaired) electrons. The van der Waals surface area contributed by atoms with Gasteiger partial charge in [-0.3, -0.25) is 0 Å². The Morgan fingerprint density at radius 3 is 0.470 bits per heavy atom. The number of rotatable bonds is 36. The van der Waals surface area contributed by atoms with Gasteiger partial charge < -0.3 is 59.8 Å². The number of hydrogen-bond donors (Lipinski definition) is 12. The molecule has 0 unspecified atom stereocenters. The fraction of sp³-hybridized carbons (Fsp3) is 0.630. The van der Waals surface area contributed by atoms with E-state index in [1.807, 2.05) is 18.2 Å². The third-order valence-electron chi connectivity index (χ3n) is 23.9. The Kier molecular flexibility index (Phi) is 36.8. The first-order valence-corrected chi connectivity index (χ1v) is 79.5. The van der Waals surface area contributed by atoms with Crippen molar-refractivity contribution in [2.45, 2.75) is 332 Å². The summed E-state index contributed by atoms with van der Waals surface area (Å²) >= 11 is 0. The molecule has 0 aliphatic rings. The summed E-state index contributed by atoms with van der Waals surface area (Å²) in [5.41, 5.74) is 0. The highest BCUT2D eigenvalue weighted by molar-refractivity contribution is 6.94. The van der Waals surface area contributed by atoms with Gasteiger partial charge >= 0.3 is 0 Å². The maximum absolute atomic E-state index is 4.90. The van der Waals surface area contributed by atoms with Crippen LogP contribution in [0.1, 0.15) is 125 Å². The summed E-state index contributed by atoms with van der Waals surface area (Å²) in [4.78, 5) is 101. The summed E-state index contributed by atoms with van der Waals surface area (Å²) < 4.78 is 0. The third kappa shape index (κ3) is 32.7. The van der Waals surface area contributed by atoms with Crippen molar-refractivity contribution in [3.8, 4) is 0 Å². The number of nitrogens with zero attached hydrogens (tertiary/aromatic N) is 12. The van der Waals surface area contributed by atoms with E-state index in [0.29, 0.717) is 53.5 Å². The minimum Gasteiger partial charge on any atom is -0.380 e. The zero-order valence-corrected chi connectivity index (χ0v) is 92.4. The van der Waals surface area contributed by atoms with Gasteiger partial charge in [0.2, 0.25) is 71.4 Å². The molecular formula is C81H162N24Si12. The molecule has 0 saturated heterocycles. The van der Waals surface area contributed by atoms with Crippen LogP contribution >= 0.6 is 0 Å². The highest BCUT2D eigenvalue weighted by Crippen LogP contribution is 2.40. The Morgan fingerprint density at radius 1 is 0.197 bits per heavy atom. The molecule has 12 N–H and O–H groups in total. The van der Waals surface area contributed by atoms with Crippen LogP contribution in [0, 0.1) is 0 Å². The minimum absolute atomic E-state index is 0.180. The van der Waals surface area contributed by atoms with E-state index in [0.717, 1.165) is 17.8 Å². The van der Waals surface area contributed by atoms with Gasteiger partial charge in [-0.25, -0.2) is 0 Å². The molecule has 7 aromatic rings. The summed E-state index contributed by atoms with van der Waals surface area (Å²) in [6.07, 6.45) is 0. The Balaban J connectivity index is 0.000000334. The molecule has 24 nitrogen and oxygen atoms in total. The molecule has 0 saturated carbocycles. The normalized spacial score (nSPS) is 13.1. The van der Waals surface area contributed by atoms with Crippen LogP contribution in [0.2, 0.25) is 207 Å². The summed E-state index contributed by atoms with van der Waals surface area (Å²) in [6.45, 7) is 89.0. The van der Waals surface area contributed by atoms with Crippen molar-refractivity contribution in [3.63, 3.8) is 0 Å². The van der Waals surface area contributed by atoms with Crippen molar-refractivity contribution in [1.82, 2.24) is 59.8 Å². The van der Waals surface area contributed by atoms with Gasteiger partial charge in [0.05, 0.1) is 0 Å². The number of anilines is 12. The Bertz CT molecular complexity index is 3620. The van der Waals surface area contributed by atoms with Crippen LogP contribution in [0.15, 0.2) is 91.0 Å². The number of hydrogen-bond acceptors (Lipinski definition) is 24. The van der Waals surface area contributed by atoms with Crippen LogP contribution in [-0.4, -0.2) is 159 Å². The fourth-order valence-electron chi connectivity index (χ4n) is 12.0. The number of benzene rings is 3. The highest BCUT2D eigenvalue weighted by atomic mass is 28.4. The van der Waals surface area contributed by atoms with E-state index >= 15 is 0 Å². The minimum atomic E-state index is -2.05. The molecule has 4 heterocycles. The quantitative estimate of drug-likeness (QED) is 0.0162. The van der Waals surface area contributed by atoms with Crippen LogP contribution in [0.3, 0.4) is 0 Å². The zero-order valence-electron chi connectivity index (χ0n) is 80.4. The molecule has 0 aliphatic carbocycles. The lowest BCUT2D eigenvalue weighted by Gasteiger charge is -2.39. The second-order valence-corrected chi connectivity index (χ2v) is 97.4. The molecule has 0 spiro atoms. The monoisotopic (exact) mass is 1810 g/mol. The molecule has 654 valence electrons. The summed E-state index contributed by atoms with van der Waals surface area (Å²) in [5, 5.41) is 4.44. The first-order valence-electron chi connectivity index (χ1n) is 43.1. The molecule has 0 bridgehead atoms. The van der Waals surface area contributed by atoms with Crippen molar-refractivity contribution in [1.29, 1.82) is 0 Å². The molecule has 0 fully saturated rings. The molecular weight excluding hydrogens is 1650 g/mol. The van der Waals surface area contributed by atoms with Gasteiger partial charge in [0.25, 0.3) is 0 Å². The third-order valence-corrected chi connectivity index (χ3v) is 62.9. The Labute approximate surface area is 722 Å². The van der Waals surface area contributed by atoms with E-state index in [1.165, 1.54) is 70.0 Å². The summed E-state index contributed by atoms with van der Waals surface area (Å²) in [6, 6.07) is 42.4. The van der Waals surface area contributed by atoms with Gasteiger partial charge in [-0.15, -0.1) is 0 Å². The van der Waals surface area contributed by atoms with Crippen molar-refractivity contribution in [2.24, 2.45) is 0 Å². The first-order chi connectivity index (χ1) is 53.6. The van der Waals surface area contributed by atoms with E-state index in [1.54, 1.807) is 0 Å². The van der Waals surface area contributed by atoms with E-state index in [2.05, 4.69) is 410 Å². The highest BCUT2D eigenvalue weighted by Gasteiger charge is 2.42. The maximum atomic E-state index is 4.90.